The number of aliphatic hydroxyl groups excluding tert-OH is 1. The van der Waals surface area contributed by atoms with Crippen LogP contribution in [0.5, 0.6) is 0 Å². The highest BCUT2D eigenvalue weighted by Crippen LogP contribution is 2.39. The molecule has 1 aromatic heterocycles. The van der Waals surface area contributed by atoms with Crippen molar-refractivity contribution < 1.29 is 23.1 Å². The molecule has 0 atom stereocenters. The highest BCUT2D eigenvalue weighted by molar-refractivity contribution is 7.89. The lowest BCUT2D eigenvalue weighted by Crippen LogP contribution is -2.46. The second-order valence-corrected chi connectivity index (χ2v) is 12.3. The third kappa shape index (κ3) is 6.68. The van der Waals surface area contributed by atoms with Crippen LogP contribution in [0.15, 0.2) is 29.3 Å². The molecule has 34 heavy (non-hydrogen) atoms. The smallest absolute Gasteiger partial charge is 0.407 e. The largest absolute Gasteiger partial charge is 0.447 e. The zero-order chi connectivity index (χ0) is 25.1. The average Bonchev–Trinajstić information content (AvgIpc) is 3.23. The van der Waals surface area contributed by atoms with Gasteiger partial charge < -0.3 is 20.9 Å². The van der Waals surface area contributed by atoms with Gasteiger partial charge in [0.15, 0.2) is 0 Å². The van der Waals surface area contributed by atoms with Crippen LogP contribution in [-0.4, -0.2) is 48.9 Å². The molecule has 5 N–H and O–H groups in total. The zero-order valence-electron chi connectivity index (χ0n) is 20.0. The maximum Gasteiger partial charge on any atom is 0.407 e. The molecule has 0 radical (unpaired) electrons. The zero-order valence-corrected chi connectivity index (χ0v) is 21.6. The van der Waals surface area contributed by atoms with Crippen LogP contribution in [0.1, 0.15) is 64.3 Å². The number of nitrogen functional groups attached to an aromatic ring is 1. The molecule has 9 nitrogen and oxygen atoms in total. The van der Waals surface area contributed by atoms with E-state index < -0.39 is 15.6 Å². The second-order valence-electron chi connectivity index (χ2n) is 9.61. The van der Waals surface area contributed by atoms with Crippen LogP contribution in [0.25, 0.3) is 10.4 Å². The molecule has 0 unspecified atom stereocenters. The summed E-state index contributed by atoms with van der Waals surface area (Å²) in [6.07, 6.45) is 4.56. The molecule has 1 aliphatic rings. The van der Waals surface area contributed by atoms with Gasteiger partial charge in [-0.15, -0.1) is 11.3 Å². The van der Waals surface area contributed by atoms with Gasteiger partial charge in [0.2, 0.25) is 10.0 Å². The first kappa shape index (κ1) is 26.4. The minimum Gasteiger partial charge on any atom is -0.447 e. The van der Waals surface area contributed by atoms with Gasteiger partial charge in [-0.05, 0) is 65.5 Å². The van der Waals surface area contributed by atoms with Crippen LogP contribution in [0.3, 0.4) is 0 Å². The number of anilines is 1. The molecule has 0 bridgehead atoms. The van der Waals surface area contributed by atoms with Crippen molar-refractivity contribution in [1.29, 1.82) is 0 Å². The van der Waals surface area contributed by atoms with Gasteiger partial charge in [-0.1, -0.05) is 6.07 Å². The topological polar surface area (TPSA) is 144 Å². The molecule has 1 fully saturated rings. The molecule has 1 heterocycles. The van der Waals surface area contributed by atoms with E-state index in [9.17, 15) is 18.3 Å². The molecule has 3 rings (SSSR count). The summed E-state index contributed by atoms with van der Waals surface area (Å²) >= 11 is 1.47. The van der Waals surface area contributed by atoms with E-state index in [0.717, 1.165) is 35.6 Å². The number of carbonyl (C=O) groups excluding carboxylic acids is 1. The van der Waals surface area contributed by atoms with E-state index in [-0.39, 0.29) is 35.7 Å². The molecule has 11 heteroatoms. The molecule has 1 aromatic carbocycles. The number of nitrogens with two attached hydrogens (primary N) is 1. The second kappa shape index (κ2) is 10.6. The number of sulfonamides is 1. The third-order valence-electron chi connectivity index (χ3n) is 5.63. The number of thiazole rings is 1. The first-order valence-electron chi connectivity index (χ1n) is 11.4. The van der Waals surface area contributed by atoms with E-state index in [4.69, 9.17) is 10.5 Å². The maximum atomic E-state index is 13.1. The van der Waals surface area contributed by atoms with Crippen molar-refractivity contribution in [3.05, 3.63) is 29.4 Å². The van der Waals surface area contributed by atoms with E-state index in [1.807, 2.05) is 13.8 Å². The molecular weight excluding hydrogens is 476 g/mol. The van der Waals surface area contributed by atoms with Crippen LogP contribution >= 0.6 is 11.3 Å². The summed E-state index contributed by atoms with van der Waals surface area (Å²) < 4.78 is 33.9. The predicted octanol–water partition coefficient (Wildman–Crippen LogP) is 3.60. The van der Waals surface area contributed by atoms with E-state index in [2.05, 4.69) is 15.0 Å². The molecule has 1 amide bonds. The summed E-state index contributed by atoms with van der Waals surface area (Å²) in [5.74, 6) is 0.248. The van der Waals surface area contributed by atoms with Crippen LogP contribution in [0.4, 0.5) is 10.5 Å². The van der Waals surface area contributed by atoms with E-state index in [1.54, 1.807) is 32.2 Å². The van der Waals surface area contributed by atoms with Gasteiger partial charge in [-0.3, -0.25) is 0 Å². The highest BCUT2D eigenvalue weighted by atomic mass is 32.2. The lowest BCUT2D eigenvalue weighted by molar-refractivity contribution is 0.109. The predicted molar refractivity (Wildman–Crippen MR) is 133 cm³/mol. The SMILES string of the molecule is CC(C)OC(=O)NC1CCC(c2ncc(-c3ccc(N)cc3S(=O)(=O)NC(C)(C)CO)s2)CC1. The summed E-state index contributed by atoms with van der Waals surface area (Å²) in [5.41, 5.74) is 5.73. The van der Waals surface area contributed by atoms with Crippen molar-refractivity contribution in [2.75, 3.05) is 12.3 Å². The first-order valence-corrected chi connectivity index (χ1v) is 13.7. The van der Waals surface area contributed by atoms with Crippen molar-refractivity contribution in [3.63, 3.8) is 0 Å². The molecule has 0 aliphatic heterocycles. The minimum absolute atomic E-state index is 0.0563. The van der Waals surface area contributed by atoms with Crippen molar-refractivity contribution in [1.82, 2.24) is 15.0 Å². The number of aromatic nitrogens is 1. The Morgan fingerprint density at radius 3 is 2.59 bits per heavy atom. The van der Waals surface area contributed by atoms with Gasteiger partial charge >= 0.3 is 6.09 Å². The Morgan fingerprint density at radius 2 is 1.97 bits per heavy atom. The average molecular weight is 511 g/mol. The summed E-state index contributed by atoms with van der Waals surface area (Å²) in [6, 6.07) is 4.86. The molecule has 188 valence electrons. The molecule has 2 aromatic rings. The molecule has 0 saturated heterocycles. The van der Waals surface area contributed by atoms with Crippen molar-refractivity contribution in [3.8, 4) is 10.4 Å². The van der Waals surface area contributed by atoms with E-state index in [1.165, 1.54) is 17.4 Å². The number of nitrogens with one attached hydrogen (secondary N) is 2. The summed E-state index contributed by atoms with van der Waals surface area (Å²) in [5, 5.41) is 13.4. The lowest BCUT2D eigenvalue weighted by atomic mass is 9.86. The number of rotatable bonds is 8. The Balaban J connectivity index is 1.75. The number of alkyl carbamates (subject to hydrolysis) is 1. The van der Waals surface area contributed by atoms with Crippen molar-refractivity contribution >= 4 is 33.1 Å². The Hall–Kier alpha value is -2.21. The minimum atomic E-state index is -3.94. The summed E-state index contributed by atoms with van der Waals surface area (Å²) in [4.78, 5) is 17.2. The van der Waals surface area contributed by atoms with Gasteiger partial charge in [-0.25, -0.2) is 22.9 Å². The highest BCUT2D eigenvalue weighted by Gasteiger charge is 2.30. The molecule has 1 aliphatic carbocycles. The van der Waals surface area contributed by atoms with Gasteiger partial charge in [-0.2, -0.15) is 0 Å². The number of hydrogen-bond acceptors (Lipinski definition) is 8. The van der Waals surface area contributed by atoms with Crippen LogP contribution < -0.4 is 15.8 Å². The fraction of sp³-hybridized carbons (Fsp3) is 0.565. The number of carbonyl (C=O) groups is 1. The van der Waals surface area contributed by atoms with Crippen LogP contribution in [-0.2, 0) is 14.8 Å². The number of ether oxygens (including phenoxy) is 1. The lowest BCUT2D eigenvalue weighted by Gasteiger charge is -2.28. The fourth-order valence-corrected chi connectivity index (χ4v) is 6.77. The standard InChI is InChI=1S/C23H34N4O5S2/c1-14(2)32-22(29)26-17-8-5-15(6-9-17)21-25-12-19(33-21)18-10-7-16(24)11-20(18)34(30,31)27-23(3,4)13-28/h7,10-12,14-15,17,27-28H,5-6,8-9,13,24H2,1-4H3,(H,26,29). The summed E-state index contributed by atoms with van der Waals surface area (Å²) in [7, 11) is -3.94. The number of aliphatic hydroxyl groups is 1. The van der Waals surface area contributed by atoms with Gasteiger partial charge in [0, 0.05) is 29.4 Å². The monoisotopic (exact) mass is 510 g/mol. The number of benzene rings is 1. The number of nitrogens with zero attached hydrogens (tertiary/aromatic N) is 1. The van der Waals surface area contributed by atoms with E-state index >= 15 is 0 Å². The van der Waals surface area contributed by atoms with Gasteiger partial charge in [0.25, 0.3) is 0 Å². The Morgan fingerprint density at radius 1 is 1.29 bits per heavy atom. The molecular formula is C23H34N4O5S2. The normalized spacial score (nSPS) is 19.2. The maximum absolute atomic E-state index is 13.1. The Kier molecular flexibility index (Phi) is 8.22. The van der Waals surface area contributed by atoms with Crippen LogP contribution in [0.2, 0.25) is 0 Å². The summed E-state index contributed by atoms with van der Waals surface area (Å²) in [6.45, 7) is 6.50. The first-order chi connectivity index (χ1) is 15.9. The van der Waals surface area contributed by atoms with E-state index in [0.29, 0.717) is 11.3 Å². The molecule has 1 saturated carbocycles. The van der Waals surface area contributed by atoms with Gasteiger partial charge in [0.05, 0.1) is 33.0 Å². The Bertz CT molecular complexity index is 1110. The van der Waals surface area contributed by atoms with Crippen molar-refractivity contribution in [2.45, 2.75) is 81.9 Å². The number of hydrogen-bond donors (Lipinski definition) is 4. The quantitative estimate of drug-likeness (QED) is 0.397. The van der Waals surface area contributed by atoms with Gasteiger partial charge in [0.1, 0.15) is 0 Å². The van der Waals surface area contributed by atoms with Crippen LogP contribution in [0, 0.1) is 0 Å². The third-order valence-corrected chi connectivity index (χ3v) is 8.56. The molecule has 0 spiro atoms. The number of amides is 1. The fourth-order valence-electron chi connectivity index (χ4n) is 3.92. The van der Waals surface area contributed by atoms with Crippen molar-refractivity contribution in [2.24, 2.45) is 0 Å². The Labute approximate surface area is 205 Å².